The summed E-state index contributed by atoms with van der Waals surface area (Å²) in [5, 5.41) is 3.01. The van der Waals surface area contributed by atoms with Crippen molar-refractivity contribution in [2.75, 3.05) is 19.6 Å². The first-order chi connectivity index (χ1) is 13.1. The average molecular weight is 366 g/mol. The number of carbonyl (C=O) groups excluding carboxylic acids is 1. The van der Waals surface area contributed by atoms with Crippen LogP contribution in [0.5, 0.6) is 11.5 Å². The van der Waals surface area contributed by atoms with Gasteiger partial charge in [-0.05, 0) is 67.9 Å². The lowest BCUT2D eigenvalue weighted by molar-refractivity contribution is -0.126. The zero-order valence-electron chi connectivity index (χ0n) is 15.2. The zero-order chi connectivity index (χ0) is 19.1. The smallest absolute Gasteiger partial charge is 0.223 e. The van der Waals surface area contributed by atoms with Gasteiger partial charge in [0.1, 0.15) is 17.3 Å². The molecule has 2 aromatic rings. The fourth-order valence-corrected chi connectivity index (χ4v) is 3.13. The molecule has 1 saturated heterocycles. The molecule has 5 heteroatoms. The van der Waals surface area contributed by atoms with Gasteiger partial charge in [-0.2, -0.15) is 0 Å². The number of hydrogen-bond acceptors (Lipinski definition) is 3. The molecule has 1 heterocycles. The van der Waals surface area contributed by atoms with E-state index in [-0.39, 0.29) is 17.6 Å². The first-order valence-corrected chi connectivity index (χ1v) is 9.10. The number of terminal acetylenes is 1. The van der Waals surface area contributed by atoms with E-state index in [4.69, 9.17) is 11.2 Å². The second kappa shape index (κ2) is 9.20. The van der Waals surface area contributed by atoms with Gasteiger partial charge in [-0.15, -0.1) is 6.42 Å². The second-order valence-corrected chi connectivity index (χ2v) is 6.67. The molecule has 1 fully saturated rings. The summed E-state index contributed by atoms with van der Waals surface area (Å²) in [5.74, 6) is 3.75. The lowest BCUT2D eigenvalue weighted by atomic mass is 9.96. The average Bonchev–Trinajstić information content (AvgIpc) is 2.70. The molecule has 4 nitrogen and oxygen atoms in total. The monoisotopic (exact) mass is 366 g/mol. The molecule has 1 aliphatic rings. The minimum Gasteiger partial charge on any atom is -0.457 e. The molecule has 1 aliphatic heterocycles. The van der Waals surface area contributed by atoms with Crippen molar-refractivity contribution in [3.8, 4) is 23.8 Å². The molecule has 0 aliphatic carbocycles. The van der Waals surface area contributed by atoms with Crippen LogP contribution in [0.3, 0.4) is 0 Å². The third-order valence-electron chi connectivity index (χ3n) is 4.71. The highest BCUT2D eigenvalue weighted by atomic mass is 19.1. The van der Waals surface area contributed by atoms with Crippen LogP contribution in [0.2, 0.25) is 0 Å². The van der Waals surface area contributed by atoms with Crippen LogP contribution in [0.25, 0.3) is 0 Å². The summed E-state index contributed by atoms with van der Waals surface area (Å²) in [6, 6.07) is 13.4. The van der Waals surface area contributed by atoms with E-state index in [1.54, 1.807) is 12.1 Å². The van der Waals surface area contributed by atoms with Gasteiger partial charge in [-0.25, -0.2) is 4.39 Å². The summed E-state index contributed by atoms with van der Waals surface area (Å²) in [5.41, 5.74) is 1.000. The summed E-state index contributed by atoms with van der Waals surface area (Å²) in [7, 11) is 0. The highest BCUT2D eigenvalue weighted by Crippen LogP contribution is 2.22. The van der Waals surface area contributed by atoms with Crippen molar-refractivity contribution in [3.63, 3.8) is 0 Å². The van der Waals surface area contributed by atoms with Gasteiger partial charge in [0.25, 0.3) is 0 Å². The predicted molar refractivity (Wildman–Crippen MR) is 103 cm³/mol. The molecule has 0 aromatic heterocycles. The molecule has 27 heavy (non-hydrogen) atoms. The third-order valence-corrected chi connectivity index (χ3v) is 4.71. The van der Waals surface area contributed by atoms with Gasteiger partial charge >= 0.3 is 0 Å². The first kappa shape index (κ1) is 18.9. The Kier molecular flexibility index (Phi) is 6.45. The number of rotatable bonds is 6. The largest absolute Gasteiger partial charge is 0.457 e. The van der Waals surface area contributed by atoms with Gasteiger partial charge in [0.2, 0.25) is 5.91 Å². The third kappa shape index (κ3) is 5.57. The Morgan fingerprint density at radius 1 is 1.11 bits per heavy atom. The van der Waals surface area contributed by atoms with Crippen LogP contribution in [-0.2, 0) is 11.3 Å². The van der Waals surface area contributed by atoms with Crippen molar-refractivity contribution in [2.24, 2.45) is 5.92 Å². The van der Waals surface area contributed by atoms with E-state index in [1.165, 1.54) is 12.1 Å². The van der Waals surface area contributed by atoms with Crippen molar-refractivity contribution in [1.82, 2.24) is 10.2 Å². The van der Waals surface area contributed by atoms with Crippen LogP contribution in [0.15, 0.2) is 48.5 Å². The Morgan fingerprint density at radius 2 is 1.70 bits per heavy atom. The molecule has 2 aromatic carbocycles. The Bertz CT molecular complexity index is 789. The first-order valence-electron chi connectivity index (χ1n) is 9.10. The Balaban J connectivity index is 1.45. The zero-order valence-corrected chi connectivity index (χ0v) is 15.2. The standard InChI is InChI=1S/C22H23FN2O2/c1-2-13-25-14-11-18(12-15-25)22(26)24-16-17-3-7-20(8-4-17)27-21-9-5-19(23)6-10-21/h1,3-10,18H,11-16H2,(H,24,26). The Morgan fingerprint density at radius 3 is 2.30 bits per heavy atom. The van der Waals surface area contributed by atoms with Crippen LogP contribution in [0.1, 0.15) is 18.4 Å². The number of nitrogens with zero attached hydrogens (tertiary/aromatic N) is 1. The topological polar surface area (TPSA) is 41.6 Å². The maximum absolute atomic E-state index is 12.9. The van der Waals surface area contributed by atoms with Gasteiger partial charge in [0.15, 0.2) is 0 Å². The van der Waals surface area contributed by atoms with Crippen molar-refractivity contribution >= 4 is 5.91 Å². The SMILES string of the molecule is C#CCN1CCC(C(=O)NCc2ccc(Oc3ccc(F)cc3)cc2)CC1. The van der Waals surface area contributed by atoms with Gasteiger partial charge < -0.3 is 10.1 Å². The fraction of sp³-hybridized carbons (Fsp3) is 0.318. The molecule has 140 valence electrons. The molecular formula is C22H23FN2O2. The molecule has 0 bridgehead atoms. The molecule has 1 N–H and O–H groups in total. The van der Waals surface area contributed by atoms with E-state index in [9.17, 15) is 9.18 Å². The molecule has 0 saturated carbocycles. The van der Waals surface area contributed by atoms with Crippen LogP contribution in [0, 0.1) is 24.1 Å². The fourth-order valence-electron chi connectivity index (χ4n) is 3.13. The Hall–Kier alpha value is -2.84. The van der Waals surface area contributed by atoms with Gasteiger partial charge in [0, 0.05) is 12.5 Å². The van der Waals surface area contributed by atoms with E-state index < -0.39 is 0 Å². The minimum atomic E-state index is -0.296. The summed E-state index contributed by atoms with van der Waals surface area (Å²) >= 11 is 0. The summed E-state index contributed by atoms with van der Waals surface area (Å²) in [6.45, 7) is 2.89. The Labute approximate surface area is 159 Å². The van der Waals surface area contributed by atoms with E-state index in [2.05, 4.69) is 16.1 Å². The quantitative estimate of drug-likeness (QED) is 0.795. The molecule has 0 radical (unpaired) electrons. The highest BCUT2D eigenvalue weighted by Gasteiger charge is 2.24. The van der Waals surface area contributed by atoms with Crippen LogP contribution in [-0.4, -0.2) is 30.4 Å². The lowest BCUT2D eigenvalue weighted by Crippen LogP contribution is -2.40. The number of nitrogens with one attached hydrogen (secondary N) is 1. The highest BCUT2D eigenvalue weighted by molar-refractivity contribution is 5.78. The number of ether oxygens (including phenoxy) is 1. The number of likely N-dealkylation sites (tertiary alicyclic amines) is 1. The van der Waals surface area contributed by atoms with Crippen molar-refractivity contribution in [1.29, 1.82) is 0 Å². The normalized spacial score (nSPS) is 15.1. The molecule has 3 rings (SSSR count). The van der Waals surface area contributed by atoms with E-state index in [1.807, 2.05) is 24.3 Å². The summed E-state index contributed by atoms with van der Waals surface area (Å²) in [4.78, 5) is 14.5. The number of piperidine rings is 1. The lowest BCUT2D eigenvalue weighted by Gasteiger charge is -2.29. The molecule has 1 amide bonds. The molecule has 0 atom stereocenters. The number of halogens is 1. The van der Waals surface area contributed by atoms with Crippen molar-refractivity contribution in [3.05, 3.63) is 59.9 Å². The van der Waals surface area contributed by atoms with E-state index in [0.29, 0.717) is 24.6 Å². The van der Waals surface area contributed by atoms with Crippen LogP contribution in [0.4, 0.5) is 4.39 Å². The maximum atomic E-state index is 12.9. The number of amides is 1. The number of carbonyl (C=O) groups is 1. The van der Waals surface area contributed by atoms with Crippen LogP contribution >= 0.6 is 0 Å². The summed E-state index contributed by atoms with van der Waals surface area (Å²) < 4.78 is 18.6. The summed E-state index contributed by atoms with van der Waals surface area (Å²) in [6.07, 6.45) is 7.02. The van der Waals surface area contributed by atoms with Crippen molar-refractivity contribution in [2.45, 2.75) is 19.4 Å². The molecule has 0 unspecified atom stereocenters. The molecule has 0 spiro atoms. The van der Waals surface area contributed by atoms with Gasteiger partial charge in [0.05, 0.1) is 6.54 Å². The van der Waals surface area contributed by atoms with Crippen LogP contribution < -0.4 is 10.1 Å². The second-order valence-electron chi connectivity index (χ2n) is 6.67. The van der Waals surface area contributed by atoms with E-state index in [0.717, 1.165) is 31.5 Å². The van der Waals surface area contributed by atoms with Gasteiger partial charge in [-0.3, -0.25) is 9.69 Å². The van der Waals surface area contributed by atoms with E-state index >= 15 is 0 Å². The predicted octanol–water partition coefficient (Wildman–Crippen LogP) is 3.58. The number of benzene rings is 2. The maximum Gasteiger partial charge on any atom is 0.223 e. The van der Waals surface area contributed by atoms with Crippen molar-refractivity contribution < 1.29 is 13.9 Å². The molecular weight excluding hydrogens is 343 g/mol. The van der Waals surface area contributed by atoms with Gasteiger partial charge in [-0.1, -0.05) is 18.1 Å². The number of hydrogen-bond donors (Lipinski definition) is 1. The minimum absolute atomic E-state index is 0.0557.